The SMILES string of the molecule is COC(=O)CCC(C(=O)OC)N1C(S)c2ccccc2C1S. The van der Waals surface area contributed by atoms with Gasteiger partial charge < -0.3 is 9.47 Å². The van der Waals surface area contributed by atoms with E-state index in [2.05, 4.69) is 30.0 Å². The molecule has 2 rings (SSSR count). The summed E-state index contributed by atoms with van der Waals surface area (Å²) in [5, 5.41) is -0.555. The molecule has 0 fully saturated rings. The van der Waals surface area contributed by atoms with Gasteiger partial charge in [-0.3, -0.25) is 14.5 Å². The van der Waals surface area contributed by atoms with Gasteiger partial charge in [0.2, 0.25) is 0 Å². The van der Waals surface area contributed by atoms with Gasteiger partial charge in [-0.05, 0) is 17.5 Å². The van der Waals surface area contributed by atoms with Gasteiger partial charge in [0.05, 0.1) is 25.0 Å². The minimum atomic E-state index is -0.610. The third kappa shape index (κ3) is 3.26. The highest BCUT2D eigenvalue weighted by atomic mass is 32.1. The summed E-state index contributed by atoms with van der Waals surface area (Å²) in [6.07, 6.45) is 0.422. The molecule has 1 heterocycles. The van der Waals surface area contributed by atoms with Gasteiger partial charge in [0.25, 0.3) is 0 Å². The first-order chi connectivity index (χ1) is 10.5. The van der Waals surface area contributed by atoms with Crippen LogP contribution < -0.4 is 0 Å². The first kappa shape index (κ1) is 17.2. The van der Waals surface area contributed by atoms with Crippen LogP contribution in [0, 0.1) is 0 Å². The molecule has 0 spiro atoms. The smallest absolute Gasteiger partial charge is 0.323 e. The van der Waals surface area contributed by atoms with Gasteiger partial charge in [0.15, 0.2) is 0 Å². The van der Waals surface area contributed by atoms with Crippen molar-refractivity contribution < 1.29 is 19.1 Å². The average molecular weight is 341 g/mol. The highest BCUT2D eigenvalue weighted by molar-refractivity contribution is 7.81. The Hall–Kier alpha value is -1.18. The molecule has 1 aromatic carbocycles. The van der Waals surface area contributed by atoms with E-state index in [0.29, 0.717) is 6.42 Å². The normalized spacial score (nSPS) is 22.0. The molecule has 1 aliphatic rings. The first-order valence-corrected chi connectivity index (χ1v) is 7.91. The largest absolute Gasteiger partial charge is 0.469 e. The average Bonchev–Trinajstić information content (AvgIpc) is 2.79. The number of benzene rings is 1. The maximum Gasteiger partial charge on any atom is 0.323 e. The summed E-state index contributed by atoms with van der Waals surface area (Å²) in [5.74, 6) is -0.771. The van der Waals surface area contributed by atoms with Crippen LogP contribution in [0.1, 0.15) is 34.7 Å². The zero-order valence-corrected chi connectivity index (χ0v) is 14.2. The van der Waals surface area contributed by atoms with Gasteiger partial charge in [0, 0.05) is 6.42 Å². The molecule has 1 aliphatic heterocycles. The van der Waals surface area contributed by atoms with Crippen molar-refractivity contribution in [3.8, 4) is 0 Å². The molecule has 0 N–H and O–H groups in total. The number of carbonyl (C=O) groups is 2. The number of nitrogens with zero attached hydrogens (tertiary/aromatic N) is 1. The lowest BCUT2D eigenvalue weighted by Gasteiger charge is -2.32. The van der Waals surface area contributed by atoms with E-state index in [1.165, 1.54) is 14.2 Å². The van der Waals surface area contributed by atoms with Crippen LogP contribution in [0.15, 0.2) is 24.3 Å². The molecular weight excluding hydrogens is 322 g/mol. The lowest BCUT2D eigenvalue weighted by molar-refractivity contribution is -0.148. The standard InChI is InChI=1S/C15H19NO4S2/c1-19-12(17)8-7-11(15(18)20-2)16-13(21)9-5-3-4-6-10(9)14(16)22/h3-6,11,13-14,21-22H,7-8H2,1-2H3. The molecule has 3 unspecified atom stereocenters. The molecule has 3 atom stereocenters. The Kier molecular flexibility index (Phi) is 5.77. The Bertz CT molecular complexity index is 537. The molecule has 5 nitrogen and oxygen atoms in total. The Morgan fingerprint density at radius 1 is 1.14 bits per heavy atom. The molecule has 0 aliphatic carbocycles. The van der Waals surface area contributed by atoms with Crippen molar-refractivity contribution in [1.29, 1.82) is 0 Å². The number of methoxy groups -OCH3 is 2. The van der Waals surface area contributed by atoms with Crippen molar-refractivity contribution in [2.75, 3.05) is 14.2 Å². The number of rotatable bonds is 5. The van der Waals surface area contributed by atoms with Crippen LogP contribution in [0.4, 0.5) is 0 Å². The number of ether oxygens (including phenoxy) is 2. The van der Waals surface area contributed by atoms with Gasteiger partial charge in [0.1, 0.15) is 6.04 Å². The lowest BCUT2D eigenvalue weighted by atomic mass is 10.1. The molecule has 120 valence electrons. The second-order valence-corrected chi connectivity index (χ2v) is 5.96. The summed E-state index contributed by atoms with van der Waals surface area (Å²) in [4.78, 5) is 25.4. The second-order valence-electron chi connectivity index (χ2n) is 4.98. The summed E-state index contributed by atoms with van der Waals surface area (Å²) < 4.78 is 9.53. The predicted octanol–water partition coefficient (Wildman–Crippen LogP) is 2.35. The fourth-order valence-corrected chi connectivity index (χ4v) is 3.82. The number of fused-ring (bicyclic) bond motifs is 1. The zero-order valence-electron chi connectivity index (χ0n) is 12.4. The topological polar surface area (TPSA) is 55.8 Å². The third-order valence-electron chi connectivity index (χ3n) is 3.80. The van der Waals surface area contributed by atoms with Crippen molar-refractivity contribution >= 4 is 37.2 Å². The van der Waals surface area contributed by atoms with E-state index in [9.17, 15) is 9.59 Å². The molecule has 22 heavy (non-hydrogen) atoms. The molecule has 0 aromatic heterocycles. The molecular formula is C15H19NO4S2. The van der Waals surface area contributed by atoms with Gasteiger partial charge >= 0.3 is 11.9 Å². The predicted molar refractivity (Wildman–Crippen MR) is 88.8 cm³/mol. The minimum Gasteiger partial charge on any atom is -0.469 e. The number of thiol groups is 2. The van der Waals surface area contributed by atoms with Crippen molar-refractivity contribution in [3.05, 3.63) is 35.4 Å². The summed E-state index contributed by atoms with van der Waals surface area (Å²) in [6.45, 7) is 0. The van der Waals surface area contributed by atoms with E-state index in [0.717, 1.165) is 11.1 Å². The fourth-order valence-electron chi connectivity index (χ4n) is 2.66. The minimum absolute atomic E-state index is 0.129. The molecule has 0 saturated heterocycles. The summed E-state index contributed by atoms with van der Waals surface area (Å²) in [6, 6.07) is 7.17. The Morgan fingerprint density at radius 3 is 2.14 bits per heavy atom. The molecule has 0 saturated carbocycles. The number of carbonyl (C=O) groups excluding carboxylic acids is 2. The van der Waals surface area contributed by atoms with Crippen molar-refractivity contribution in [1.82, 2.24) is 4.90 Å². The van der Waals surface area contributed by atoms with E-state index in [1.54, 1.807) is 0 Å². The maximum absolute atomic E-state index is 12.2. The highest BCUT2D eigenvalue weighted by Crippen LogP contribution is 2.47. The van der Waals surface area contributed by atoms with Gasteiger partial charge in [-0.25, -0.2) is 0 Å². The highest BCUT2D eigenvalue weighted by Gasteiger charge is 2.42. The maximum atomic E-state index is 12.2. The molecule has 1 aromatic rings. The third-order valence-corrected chi connectivity index (χ3v) is 4.89. The van der Waals surface area contributed by atoms with E-state index in [-0.39, 0.29) is 23.1 Å². The van der Waals surface area contributed by atoms with Crippen LogP contribution in [0.5, 0.6) is 0 Å². The van der Waals surface area contributed by atoms with E-state index in [4.69, 9.17) is 4.74 Å². The molecule has 7 heteroatoms. The van der Waals surface area contributed by atoms with Crippen LogP contribution in [0.2, 0.25) is 0 Å². The van der Waals surface area contributed by atoms with E-state index in [1.807, 2.05) is 29.2 Å². The number of hydrogen-bond acceptors (Lipinski definition) is 7. The van der Waals surface area contributed by atoms with Crippen LogP contribution in [-0.4, -0.2) is 37.1 Å². The van der Waals surface area contributed by atoms with Gasteiger partial charge in [-0.15, -0.1) is 0 Å². The van der Waals surface area contributed by atoms with Gasteiger partial charge in [-0.2, -0.15) is 25.3 Å². The van der Waals surface area contributed by atoms with Crippen LogP contribution in [0.25, 0.3) is 0 Å². The lowest BCUT2D eigenvalue weighted by Crippen LogP contribution is -2.41. The van der Waals surface area contributed by atoms with Crippen molar-refractivity contribution in [2.24, 2.45) is 0 Å². The Labute approximate surface area is 140 Å². The van der Waals surface area contributed by atoms with Crippen LogP contribution in [0.3, 0.4) is 0 Å². The molecule has 0 amide bonds. The number of esters is 2. The summed E-state index contributed by atoms with van der Waals surface area (Å²) >= 11 is 9.24. The summed E-state index contributed by atoms with van der Waals surface area (Å²) in [5.41, 5.74) is 2.02. The quantitative estimate of drug-likeness (QED) is 0.636. The first-order valence-electron chi connectivity index (χ1n) is 6.88. The van der Waals surface area contributed by atoms with Crippen LogP contribution in [-0.2, 0) is 19.1 Å². The van der Waals surface area contributed by atoms with Crippen molar-refractivity contribution in [3.63, 3.8) is 0 Å². The van der Waals surface area contributed by atoms with E-state index >= 15 is 0 Å². The number of hydrogen-bond donors (Lipinski definition) is 2. The summed E-state index contributed by atoms with van der Waals surface area (Å²) in [7, 11) is 2.65. The van der Waals surface area contributed by atoms with Crippen LogP contribution >= 0.6 is 25.3 Å². The Balaban J connectivity index is 2.25. The molecule has 0 radical (unpaired) electrons. The van der Waals surface area contributed by atoms with Gasteiger partial charge in [-0.1, -0.05) is 24.3 Å². The molecule has 0 bridgehead atoms. The van der Waals surface area contributed by atoms with E-state index < -0.39 is 12.0 Å². The monoisotopic (exact) mass is 341 g/mol. The zero-order chi connectivity index (χ0) is 16.3. The van der Waals surface area contributed by atoms with Crippen molar-refractivity contribution in [2.45, 2.75) is 29.6 Å². The Morgan fingerprint density at radius 2 is 1.68 bits per heavy atom. The fraction of sp³-hybridized carbons (Fsp3) is 0.467. The second kappa shape index (κ2) is 7.39.